The molecule has 0 heterocycles. The highest BCUT2D eigenvalue weighted by Gasteiger charge is 2.19. The van der Waals surface area contributed by atoms with Gasteiger partial charge >= 0.3 is 11.9 Å². The number of aliphatic carboxylic acids is 1. The van der Waals surface area contributed by atoms with Gasteiger partial charge in [0.1, 0.15) is 12.1 Å². The molecule has 0 aromatic heterocycles. The number of allylic oxidation sites excluding steroid dienone is 4. The summed E-state index contributed by atoms with van der Waals surface area (Å²) in [6.07, 6.45) is 55.3. The van der Waals surface area contributed by atoms with Gasteiger partial charge in [-0.2, -0.15) is 0 Å². The molecule has 0 bridgehead atoms. The SMILES string of the molecule is CCCCC/C=C\C/C=C\CCCC(CCCCCCCC(=O)NC(CCCN)C(=O)O)OC(=O)CCCCCCCCCCCCCCCCCCCCCCCC. The van der Waals surface area contributed by atoms with Gasteiger partial charge in [-0.05, 0) is 83.6 Å². The zero-order valence-corrected chi connectivity index (χ0v) is 39.1. The maximum Gasteiger partial charge on any atom is 0.326 e. The topological polar surface area (TPSA) is 119 Å². The van der Waals surface area contributed by atoms with Gasteiger partial charge in [0.25, 0.3) is 0 Å². The Morgan fingerprint density at radius 1 is 0.492 bits per heavy atom. The molecule has 0 rings (SSSR count). The highest BCUT2D eigenvalue weighted by molar-refractivity contribution is 5.83. The molecule has 0 fully saturated rings. The van der Waals surface area contributed by atoms with Crippen molar-refractivity contribution in [2.75, 3.05) is 6.54 Å². The summed E-state index contributed by atoms with van der Waals surface area (Å²) in [6.45, 7) is 4.94. The normalized spacial score (nSPS) is 12.7. The predicted molar refractivity (Wildman–Crippen MR) is 253 cm³/mol. The number of carbonyl (C=O) groups excluding carboxylic acids is 2. The second-order valence-electron chi connectivity index (χ2n) is 17.6. The number of nitrogens with one attached hydrogen (secondary N) is 1. The van der Waals surface area contributed by atoms with Crippen LogP contribution >= 0.6 is 0 Å². The van der Waals surface area contributed by atoms with Crippen molar-refractivity contribution in [1.82, 2.24) is 5.32 Å². The van der Waals surface area contributed by atoms with Crippen LogP contribution in [0.1, 0.15) is 271 Å². The van der Waals surface area contributed by atoms with Crippen LogP contribution < -0.4 is 11.1 Å². The lowest BCUT2D eigenvalue weighted by Gasteiger charge is -2.18. The summed E-state index contributed by atoms with van der Waals surface area (Å²) in [6, 6.07) is -0.860. The number of esters is 1. The molecule has 0 saturated carbocycles. The highest BCUT2D eigenvalue weighted by Crippen LogP contribution is 2.19. The number of ether oxygens (including phenoxy) is 1. The van der Waals surface area contributed by atoms with E-state index in [4.69, 9.17) is 10.5 Å². The third-order valence-electron chi connectivity index (χ3n) is 11.8. The molecular weight excluding hydrogens is 733 g/mol. The first-order valence-corrected chi connectivity index (χ1v) is 25.7. The van der Waals surface area contributed by atoms with Crippen molar-refractivity contribution in [2.24, 2.45) is 5.73 Å². The van der Waals surface area contributed by atoms with Crippen LogP contribution in [0.25, 0.3) is 0 Å². The van der Waals surface area contributed by atoms with Crippen molar-refractivity contribution in [3.05, 3.63) is 24.3 Å². The number of rotatable bonds is 47. The molecule has 0 radical (unpaired) electrons. The molecule has 2 unspecified atom stereocenters. The molecule has 7 heteroatoms. The molecule has 1 amide bonds. The number of amides is 1. The predicted octanol–water partition coefficient (Wildman–Crippen LogP) is 15.2. The van der Waals surface area contributed by atoms with Crippen LogP contribution in [0.3, 0.4) is 0 Å². The Kier molecular flexibility index (Phi) is 45.2. The van der Waals surface area contributed by atoms with E-state index in [1.165, 1.54) is 154 Å². The van der Waals surface area contributed by atoms with E-state index in [1.807, 2.05) is 0 Å². The van der Waals surface area contributed by atoms with E-state index in [2.05, 4.69) is 43.5 Å². The van der Waals surface area contributed by atoms with Gasteiger partial charge in [-0.25, -0.2) is 4.79 Å². The fraction of sp³-hybridized carbons (Fsp3) is 0.865. The van der Waals surface area contributed by atoms with Crippen LogP contribution in [0.2, 0.25) is 0 Å². The molecule has 0 saturated heterocycles. The Balaban J connectivity index is 4.16. The van der Waals surface area contributed by atoms with Gasteiger partial charge < -0.3 is 20.9 Å². The van der Waals surface area contributed by atoms with Crippen molar-refractivity contribution in [3.63, 3.8) is 0 Å². The first-order chi connectivity index (χ1) is 28.9. The molecule has 0 aliphatic rings. The van der Waals surface area contributed by atoms with Crippen molar-refractivity contribution >= 4 is 17.8 Å². The van der Waals surface area contributed by atoms with E-state index in [-0.39, 0.29) is 18.0 Å². The molecular formula is C52H98N2O5. The molecule has 0 aliphatic heterocycles. The molecule has 0 aliphatic carbocycles. The van der Waals surface area contributed by atoms with Crippen LogP contribution in [-0.2, 0) is 19.1 Å². The first-order valence-electron chi connectivity index (χ1n) is 25.7. The minimum absolute atomic E-state index is 0.0265. The Morgan fingerprint density at radius 3 is 1.37 bits per heavy atom. The minimum Gasteiger partial charge on any atom is -0.480 e. The van der Waals surface area contributed by atoms with Gasteiger partial charge in [-0.15, -0.1) is 0 Å². The van der Waals surface area contributed by atoms with Gasteiger partial charge in [-0.1, -0.05) is 205 Å². The number of carboxylic acids is 1. The Bertz CT molecular complexity index is 982. The number of hydrogen-bond donors (Lipinski definition) is 3. The maximum atomic E-state index is 12.9. The largest absolute Gasteiger partial charge is 0.480 e. The van der Waals surface area contributed by atoms with Gasteiger partial charge in [0, 0.05) is 12.8 Å². The average molecular weight is 831 g/mol. The minimum atomic E-state index is -1.01. The smallest absolute Gasteiger partial charge is 0.326 e. The fourth-order valence-corrected chi connectivity index (χ4v) is 7.90. The number of carbonyl (C=O) groups is 3. The molecule has 2 atom stereocenters. The van der Waals surface area contributed by atoms with Gasteiger partial charge in [0.05, 0.1) is 0 Å². The fourth-order valence-electron chi connectivity index (χ4n) is 7.90. The van der Waals surface area contributed by atoms with Crippen molar-refractivity contribution in [1.29, 1.82) is 0 Å². The highest BCUT2D eigenvalue weighted by atomic mass is 16.5. The molecule has 4 N–H and O–H groups in total. The molecule has 0 aromatic rings. The zero-order chi connectivity index (χ0) is 43.1. The van der Waals surface area contributed by atoms with Crippen LogP contribution in [0.5, 0.6) is 0 Å². The van der Waals surface area contributed by atoms with E-state index >= 15 is 0 Å². The summed E-state index contributed by atoms with van der Waals surface area (Å²) in [5, 5.41) is 12.0. The van der Waals surface area contributed by atoms with E-state index in [0.717, 1.165) is 77.0 Å². The van der Waals surface area contributed by atoms with E-state index in [9.17, 15) is 19.5 Å². The molecule has 59 heavy (non-hydrogen) atoms. The Morgan fingerprint density at radius 2 is 0.898 bits per heavy atom. The van der Waals surface area contributed by atoms with Gasteiger partial charge in [-0.3, -0.25) is 9.59 Å². The quantitative estimate of drug-likeness (QED) is 0.0319. The summed E-state index contributed by atoms with van der Waals surface area (Å²) in [4.78, 5) is 36.5. The summed E-state index contributed by atoms with van der Waals surface area (Å²) < 4.78 is 6.05. The van der Waals surface area contributed by atoms with Gasteiger partial charge in [0.15, 0.2) is 0 Å². The Labute approximate surface area is 365 Å². The van der Waals surface area contributed by atoms with E-state index in [0.29, 0.717) is 32.2 Å². The first kappa shape index (κ1) is 56.9. The van der Waals surface area contributed by atoms with Crippen molar-refractivity contribution < 1.29 is 24.2 Å². The molecule has 346 valence electrons. The molecule has 0 aromatic carbocycles. The Hall–Kier alpha value is -2.15. The van der Waals surface area contributed by atoms with E-state index < -0.39 is 12.0 Å². The number of hydrogen-bond acceptors (Lipinski definition) is 5. The lowest BCUT2D eigenvalue weighted by atomic mass is 10.0. The zero-order valence-electron chi connectivity index (χ0n) is 39.1. The van der Waals surface area contributed by atoms with Crippen molar-refractivity contribution in [2.45, 2.75) is 283 Å². The third-order valence-corrected chi connectivity index (χ3v) is 11.8. The summed E-state index contributed by atoms with van der Waals surface area (Å²) >= 11 is 0. The number of nitrogens with two attached hydrogens (primary N) is 1. The number of unbranched alkanes of at least 4 members (excludes halogenated alkanes) is 29. The summed E-state index contributed by atoms with van der Waals surface area (Å²) in [5.41, 5.74) is 5.49. The third kappa shape index (κ3) is 43.7. The lowest BCUT2D eigenvalue weighted by molar-refractivity contribution is -0.150. The standard InChI is InChI=1S/C52H98N2O5/c1-3-5-7-9-11-13-15-16-17-18-19-20-21-22-23-24-25-27-29-31-36-40-46-51(56)59-48(42-37-33-30-28-26-14-12-10-8-6-4-2)43-38-34-32-35-39-45-50(55)54-49(52(57)58)44-41-47-53/h12,14,28,30,48-49H,3-11,13,15-27,29,31-47,53H2,1-2H3,(H,54,55)(H,57,58)/b14-12-,30-28-. The maximum absolute atomic E-state index is 12.9. The lowest BCUT2D eigenvalue weighted by Crippen LogP contribution is -2.40. The van der Waals surface area contributed by atoms with Crippen LogP contribution in [0.15, 0.2) is 24.3 Å². The molecule has 0 spiro atoms. The second-order valence-corrected chi connectivity index (χ2v) is 17.6. The average Bonchev–Trinajstić information content (AvgIpc) is 3.22. The van der Waals surface area contributed by atoms with Crippen LogP contribution in [0.4, 0.5) is 0 Å². The number of carboxylic acid groups (broad SMARTS) is 1. The van der Waals surface area contributed by atoms with E-state index in [1.54, 1.807) is 0 Å². The second kappa shape index (κ2) is 46.9. The van der Waals surface area contributed by atoms with Crippen LogP contribution in [-0.4, -0.2) is 41.6 Å². The monoisotopic (exact) mass is 831 g/mol. The van der Waals surface area contributed by atoms with Gasteiger partial charge in [0.2, 0.25) is 5.91 Å². The summed E-state index contributed by atoms with van der Waals surface area (Å²) in [7, 11) is 0. The van der Waals surface area contributed by atoms with Crippen LogP contribution in [0, 0.1) is 0 Å². The summed E-state index contributed by atoms with van der Waals surface area (Å²) in [5.74, 6) is -1.25. The van der Waals surface area contributed by atoms with Crippen molar-refractivity contribution in [3.8, 4) is 0 Å². The molecule has 7 nitrogen and oxygen atoms in total.